The molecule has 0 radical (unpaired) electrons. The Kier molecular flexibility index (Phi) is 8.87. The highest BCUT2D eigenvalue weighted by Crippen LogP contribution is 2.27. The third kappa shape index (κ3) is 6.72. The minimum absolute atomic E-state index is 0.0151. The summed E-state index contributed by atoms with van der Waals surface area (Å²) in [6.45, 7) is 6.31. The number of amides is 4. The van der Waals surface area contributed by atoms with Crippen molar-refractivity contribution in [2.24, 2.45) is 5.92 Å². The molecule has 0 unspecified atom stereocenters. The second kappa shape index (κ2) is 11.9. The van der Waals surface area contributed by atoms with Crippen molar-refractivity contribution < 1.29 is 28.2 Å². The van der Waals surface area contributed by atoms with Crippen LogP contribution in [0.5, 0.6) is 5.75 Å². The zero-order valence-corrected chi connectivity index (χ0v) is 21.2. The Hall–Kier alpha value is -3.66. The van der Waals surface area contributed by atoms with Gasteiger partial charge < -0.3 is 29.9 Å². The summed E-state index contributed by atoms with van der Waals surface area (Å²) in [5.74, 6) is -0.555. The largest absolute Gasteiger partial charge is 0.491 e. The van der Waals surface area contributed by atoms with E-state index in [1.165, 1.54) is 25.1 Å². The highest BCUT2D eigenvalue weighted by atomic mass is 19.1. The van der Waals surface area contributed by atoms with Crippen LogP contribution >= 0.6 is 0 Å². The highest BCUT2D eigenvalue weighted by molar-refractivity contribution is 6.01. The lowest BCUT2D eigenvalue weighted by Gasteiger charge is -2.35. The Bertz CT molecular complexity index is 1110. The molecule has 0 fully saturated rings. The summed E-state index contributed by atoms with van der Waals surface area (Å²) >= 11 is 0. The van der Waals surface area contributed by atoms with Gasteiger partial charge in [0.1, 0.15) is 18.2 Å². The molecule has 1 heterocycles. The molecular weight excluding hydrogens is 467 g/mol. The lowest BCUT2D eigenvalue weighted by Crippen LogP contribution is -2.48. The van der Waals surface area contributed by atoms with Crippen LogP contribution in [0.1, 0.15) is 31.1 Å². The fourth-order valence-electron chi connectivity index (χ4n) is 4.15. The van der Waals surface area contributed by atoms with Gasteiger partial charge in [0.05, 0.1) is 17.7 Å². The molecule has 2 aromatic rings. The molecule has 0 aliphatic carbocycles. The summed E-state index contributed by atoms with van der Waals surface area (Å²) in [4.78, 5) is 41.4. The van der Waals surface area contributed by atoms with Gasteiger partial charge in [0.25, 0.3) is 5.91 Å². The summed E-state index contributed by atoms with van der Waals surface area (Å²) in [5, 5.41) is 5.23. The van der Waals surface area contributed by atoms with Crippen molar-refractivity contribution in [2.45, 2.75) is 32.9 Å². The fraction of sp³-hybridized carbons (Fsp3) is 0.423. The summed E-state index contributed by atoms with van der Waals surface area (Å²) in [6, 6.07) is 9.41. The van der Waals surface area contributed by atoms with E-state index in [1.807, 2.05) is 13.8 Å². The standard InChI is InChI=1S/C26H33FN4O5/c1-16-13-31(18(3)32)17(2)15-36-23-12-21(29-26(34)28-20-8-6-7-19(27)11-20)9-10-22(23)25(33)30(4)14-24(16)35-5/h6-12,16-17,24H,13-15H2,1-5H3,(H2,28,29,34)/t16-,17-,24+/m1/s1. The molecule has 10 heteroatoms. The minimum Gasteiger partial charge on any atom is -0.491 e. The van der Waals surface area contributed by atoms with Crippen LogP contribution < -0.4 is 15.4 Å². The van der Waals surface area contributed by atoms with Gasteiger partial charge in [-0.05, 0) is 37.3 Å². The SMILES string of the molecule is CO[C@H]1CN(C)C(=O)c2ccc(NC(=O)Nc3cccc(F)c3)cc2OC[C@@H](C)N(C(C)=O)C[C@H]1C. The fourth-order valence-corrected chi connectivity index (χ4v) is 4.15. The number of carbonyl (C=O) groups excluding carboxylic acids is 3. The number of benzene rings is 2. The first kappa shape index (κ1) is 26.9. The van der Waals surface area contributed by atoms with E-state index >= 15 is 0 Å². The number of fused-ring (bicyclic) bond motifs is 1. The molecule has 3 atom stereocenters. The van der Waals surface area contributed by atoms with E-state index < -0.39 is 11.8 Å². The van der Waals surface area contributed by atoms with Gasteiger partial charge in [0, 0.05) is 57.5 Å². The number of hydrogen-bond acceptors (Lipinski definition) is 5. The highest BCUT2D eigenvalue weighted by Gasteiger charge is 2.29. The van der Waals surface area contributed by atoms with Crippen LogP contribution in [-0.2, 0) is 9.53 Å². The summed E-state index contributed by atoms with van der Waals surface area (Å²) < 4.78 is 25.1. The van der Waals surface area contributed by atoms with E-state index in [0.717, 1.165) is 0 Å². The number of hydrogen-bond donors (Lipinski definition) is 2. The van der Waals surface area contributed by atoms with Gasteiger partial charge in [0.15, 0.2) is 0 Å². The van der Waals surface area contributed by atoms with Crippen molar-refractivity contribution in [1.29, 1.82) is 0 Å². The number of nitrogens with zero attached hydrogens (tertiary/aromatic N) is 2. The van der Waals surface area contributed by atoms with Crippen LogP contribution in [0.25, 0.3) is 0 Å². The average Bonchev–Trinajstić information content (AvgIpc) is 2.82. The Morgan fingerprint density at radius 2 is 1.78 bits per heavy atom. The molecule has 9 nitrogen and oxygen atoms in total. The maximum atomic E-state index is 13.4. The number of nitrogens with one attached hydrogen (secondary N) is 2. The minimum atomic E-state index is -0.579. The van der Waals surface area contributed by atoms with Gasteiger partial charge in [-0.15, -0.1) is 0 Å². The third-order valence-electron chi connectivity index (χ3n) is 6.19. The van der Waals surface area contributed by atoms with Crippen molar-refractivity contribution in [3.05, 3.63) is 53.8 Å². The summed E-state index contributed by atoms with van der Waals surface area (Å²) in [7, 11) is 3.28. The second-order valence-corrected chi connectivity index (χ2v) is 9.07. The summed E-state index contributed by atoms with van der Waals surface area (Å²) in [6.07, 6.45) is -0.274. The van der Waals surface area contributed by atoms with Gasteiger partial charge >= 0.3 is 6.03 Å². The molecule has 4 amide bonds. The molecule has 0 spiro atoms. The van der Waals surface area contributed by atoms with Crippen molar-refractivity contribution in [2.75, 3.05) is 44.5 Å². The summed E-state index contributed by atoms with van der Waals surface area (Å²) in [5.41, 5.74) is 0.995. The molecule has 0 saturated carbocycles. The first-order valence-electron chi connectivity index (χ1n) is 11.7. The number of carbonyl (C=O) groups is 3. The number of halogens is 1. The van der Waals surface area contributed by atoms with Crippen LogP contribution in [0.3, 0.4) is 0 Å². The van der Waals surface area contributed by atoms with E-state index in [1.54, 1.807) is 48.2 Å². The topological polar surface area (TPSA) is 100 Å². The van der Waals surface area contributed by atoms with Crippen LogP contribution in [0.2, 0.25) is 0 Å². The van der Waals surface area contributed by atoms with Crippen LogP contribution in [0, 0.1) is 11.7 Å². The predicted molar refractivity (Wildman–Crippen MR) is 135 cm³/mol. The quantitative estimate of drug-likeness (QED) is 0.668. The zero-order chi connectivity index (χ0) is 26.4. The van der Waals surface area contributed by atoms with E-state index in [-0.39, 0.29) is 42.2 Å². The third-order valence-corrected chi connectivity index (χ3v) is 6.19. The van der Waals surface area contributed by atoms with Crippen molar-refractivity contribution in [3.63, 3.8) is 0 Å². The maximum Gasteiger partial charge on any atom is 0.323 e. The lowest BCUT2D eigenvalue weighted by molar-refractivity contribution is -0.133. The molecule has 36 heavy (non-hydrogen) atoms. The van der Waals surface area contributed by atoms with E-state index in [4.69, 9.17) is 9.47 Å². The van der Waals surface area contributed by atoms with E-state index in [9.17, 15) is 18.8 Å². The van der Waals surface area contributed by atoms with Crippen molar-refractivity contribution in [3.8, 4) is 5.75 Å². The molecule has 2 N–H and O–H groups in total. The molecule has 0 saturated heterocycles. The van der Waals surface area contributed by atoms with Gasteiger partial charge in [0.2, 0.25) is 5.91 Å². The molecular formula is C26H33FN4O5. The first-order chi connectivity index (χ1) is 17.1. The van der Waals surface area contributed by atoms with Gasteiger partial charge in [-0.3, -0.25) is 9.59 Å². The lowest BCUT2D eigenvalue weighted by atomic mass is 10.0. The van der Waals surface area contributed by atoms with Crippen molar-refractivity contribution in [1.82, 2.24) is 9.80 Å². The first-order valence-corrected chi connectivity index (χ1v) is 11.7. The number of methoxy groups -OCH3 is 1. The molecule has 0 bridgehead atoms. The molecule has 1 aliphatic rings. The van der Waals surface area contributed by atoms with E-state index in [0.29, 0.717) is 30.0 Å². The predicted octanol–water partition coefficient (Wildman–Crippen LogP) is 3.82. The van der Waals surface area contributed by atoms with Crippen LogP contribution in [0.15, 0.2) is 42.5 Å². The molecule has 1 aliphatic heterocycles. The number of likely N-dealkylation sites (N-methyl/N-ethyl adjacent to an activating group) is 1. The smallest absolute Gasteiger partial charge is 0.323 e. The zero-order valence-electron chi connectivity index (χ0n) is 21.2. The molecule has 194 valence electrons. The van der Waals surface area contributed by atoms with Crippen LogP contribution in [0.4, 0.5) is 20.6 Å². The number of ether oxygens (including phenoxy) is 2. The molecule has 2 aromatic carbocycles. The van der Waals surface area contributed by atoms with Crippen LogP contribution in [-0.4, -0.2) is 73.6 Å². The number of anilines is 2. The molecule has 3 rings (SSSR count). The van der Waals surface area contributed by atoms with Gasteiger partial charge in [-0.1, -0.05) is 13.0 Å². The molecule has 0 aromatic heterocycles. The van der Waals surface area contributed by atoms with Crippen molar-refractivity contribution >= 4 is 29.2 Å². The maximum absolute atomic E-state index is 13.4. The monoisotopic (exact) mass is 500 g/mol. The Labute approximate surface area is 210 Å². The Balaban J connectivity index is 1.87. The second-order valence-electron chi connectivity index (χ2n) is 9.07. The Morgan fingerprint density at radius 3 is 2.42 bits per heavy atom. The number of rotatable bonds is 3. The van der Waals surface area contributed by atoms with Gasteiger partial charge in [-0.25, -0.2) is 9.18 Å². The van der Waals surface area contributed by atoms with Gasteiger partial charge in [-0.2, -0.15) is 0 Å². The van der Waals surface area contributed by atoms with E-state index in [2.05, 4.69) is 10.6 Å². The Morgan fingerprint density at radius 1 is 1.08 bits per heavy atom. The number of urea groups is 1. The average molecular weight is 501 g/mol. The normalized spacial score (nSPS) is 20.9.